The molecule has 0 saturated heterocycles. The van der Waals surface area contributed by atoms with Crippen molar-refractivity contribution in [2.75, 3.05) is 26.7 Å². The van der Waals surface area contributed by atoms with E-state index in [1.54, 1.807) is 0 Å². The summed E-state index contributed by atoms with van der Waals surface area (Å²) in [5.74, 6) is 0.412. The number of hydrogen-bond donors (Lipinski definition) is 2. The zero-order chi connectivity index (χ0) is 13.1. The third-order valence-electron chi connectivity index (χ3n) is 2.51. The van der Waals surface area contributed by atoms with Crippen LogP contribution in [0, 0.1) is 5.92 Å². The summed E-state index contributed by atoms with van der Waals surface area (Å²) in [6.45, 7) is 7.15. The number of nitrogens with one attached hydrogen (secondary N) is 1. The standard InChI is InChI=1S/C12H25N3O2/c1-11(2)6-4-8-15(3)9-5-7-13-12(16)10-14-17/h10-11,17H,4-9H2,1-3H3,(H,13,16)/b14-10-. The Morgan fingerprint density at radius 2 is 2.06 bits per heavy atom. The summed E-state index contributed by atoms with van der Waals surface area (Å²) in [4.78, 5) is 13.2. The van der Waals surface area contributed by atoms with Gasteiger partial charge in [-0.1, -0.05) is 19.0 Å². The average Bonchev–Trinajstić information content (AvgIpc) is 2.24. The van der Waals surface area contributed by atoms with Crippen molar-refractivity contribution in [3.8, 4) is 0 Å². The van der Waals surface area contributed by atoms with Crippen LogP contribution < -0.4 is 5.32 Å². The Morgan fingerprint density at radius 1 is 1.41 bits per heavy atom. The van der Waals surface area contributed by atoms with E-state index in [0.717, 1.165) is 31.6 Å². The van der Waals surface area contributed by atoms with Crippen LogP contribution in [0.5, 0.6) is 0 Å². The van der Waals surface area contributed by atoms with Crippen molar-refractivity contribution in [2.45, 2.75) is 33.1 Å². The van der Waals surface area contributed by atoms with Gasteiger partial charge in [-0.2, -0.15) is 0 Å². The molecule has 0 radical (unpaired) electrons. The maximum Gasteiger partial charge on any atom is 0.265 e. The highest BCUT2D eigenvalue weighted by atomic mass is 16.4. The fourth-order valence-corrected chi connectivity index (χ4v) is 1.54. The summed E-state index contributed by atoms with van der Waals surface area (Å²) >= 11 is 0. The maximum absolute atomic E-state index is 10.9. The molecule has 0 spiro atoms. The molecule has 0 aliphatic rings. The lowest BCUT2D eigenvalue weighted by atomic mass is 10.1. The fourth-order valence-electron chi connectivity index (χ4n) is 1.54. The van der Waals surface area contributed by atoms with Crippen molar-refractivity contribution in [3.63, 3.8) is 0 Å². The van der Waals surface area contributed by atoms with Crippen molar-refractivity contribution < 1.29 is 10.0 Å². The molecule has 5 heteroatoms. The smallest absolute Gasteiger partial charge is 0.265 e. The van der Waals surface area contributed by atoms with E-state index in [1.165, 1.54) is 12.8 Å². The number of hydrogen-bond acceptors (Lipinski definition) is 4. The van der Waals surface area contributed by atoms with Crippen LogP contribution in [0.15, 0.2) is 5.16 Å². The summed E-state index contributed by atoms with van der Waals surface area (Å²) in [6, 6.07) is 0. The summed E-state index contributed by atoms with van der Waals surface area (Å²) < 4.78 is 0. The molecule has 0 aromatic heterocycles. The van der Waals surface area contributed by atoms with Crippen LogP contribution in [0.4, 0.5) is 0 Å². The van der Waals surface area contributed by atoms with Crippen LogP contribution in [0.2, 0.25) is 0 Å². The highest BCUT2D eigenvalue weighted by molar-refractivity contribution is 6.25. The van der Waals surface area contributed by atoms with E-state index in [0.29, 0.717) is 6.54 Å². The van der Waals surface area contributed by atoms with Gasteiger partial charge in [0.05, 0.1) is 0 Å². The SMILES string of the molecule is CC(C)CCCN(C)CCCNC(=O)/C=N\O. The normalized spacial score (nSPS) is 11.6. The highest BCUT2D eigenvalue weighted by Gasteiger charge is 2.00. The molecule has 0 aromatic rings. The zero-order valence-corrected chi connectivity index (χ0v) is 11.1. The van der Waals surface area contributed by atoms with Crippen LogP contribution in [0.1, 0.15) is 33.1 Å². The zero-order valence-electron chi connectivity index (χ0n) is 11.1. The van der Waals surface area contributed by atoms with Crippen molar-refractivity contribution >= 4 is 12.1 Å². The van der Waals surface area contributed by atoms with Gasteiger partial charge in [0, 0.05) is 6.54 Å². The molecule has 17 heavy (non-hydrogen) atoms. The molecule has 0 rings (SSSR count). The average molecular weight is 243 g/mol. The van der Waals surface area contributed by atoms with Gasteiger partial charge < -0.3 is 15.4 Å². The Morgan fingerprint density at radius 3 is 2.65 bits per heavy atom. The van der Waals surface area contributed by atoms with Gasteiger partial charge in [-0.05, 0) is 45.3 Å². The lowest BCUT2D eigenvalue weighted by Gasteiger charge is -2.16. The van der Waals surface area contributed by atoms with Gasteiger partial charge in [0.25, 0.3) is 5.91 Å². The van der Waals surface area contributed by atoms with E-state index < -0.39 is 0 Å². The third kappa shape index (κ3) is 11.2. The van der Waals surface area contributed by atoms with E-state index in [9.17, 15) is 4.79 Å². The monoisotopic (exact) mass is 243 g/mol. The molecule has 2 N–H and O–H groups in total. The first-order chi connectivity index (χ1) is 8.06. The van der Waals surface area contributed by atoms with Crippen LogP contribution in [-0.4, -0.2) is 48.9 Å². The molecule has 5 nitrogen and oxygen atoms in total. The van der Waals surface area contributed by atoms with Crippen molar-refractivity contribution in [1.29, 1.82) is 0 Å². The lowest BCUT2D eigenvalue weighted by molar-refractivity contribution is -0.114. The molecular weight excluding hydrogens is 218 g/mol. The largest absolute Gasteiger partial charge is 0.411 e. The molecule has 0 bridgehead atoms. The first kappa shape index (κ1) is 15.9. The first-order valence-electron chi connectivity index (χ1n) is 6.20. The van der Waals surface area contributed by atoms with Crippen LogP contribution >= 0.6 is 0 Å². The predicted octanol–water partition coefficient (Wildman–Crippen LogP) is 1.32. The molecule has 0 aliphatic heterocycles. The maximum atomic E-state index is 10.9. The van der Waals surface area contributed by atoms with E-state index in [-0.39, 0.29) is 5.91 Å². The van der Waals surface area contributed by atoms with Crippen molar-refractivity contribution in [2.24, 2.45) is 11.1 Å². The Labute approximate surface area is 104 Å². The summed E-state index contributed by atoms with van der Waals surface area (Å²) in [5, 5.41) is 13.4. The minimum atomic E-state index is -0.352. The molecule has 0 aromatic carbocycles. The van der Waals surface area contributed by atoms with Gasteiger partial charge in [-0.25, -0.2) is 0 Å². The topological polar surface area (TPSA) is 64.9 Å². The fraction of sp³-hybridized carbons (Fsp3) is 0.833. The third-order valence-corrected chi connectivity index (χ3v) is 2.51. The second kappa shape index (κ2) is 10.1. The number of amides is 1. The van der Waals surface area contributed by atoms with Crippen LogP contribution in [-0.2, 0) is 4.79 Å². The van der Waals surface area contributed by atoms with Crippen molar-refractivity contribution in [1.82, 2.24) is 10.2 Å². The molecule has 0 aliphatic carbocycles. The Hall–Kier alpha value is -1.10. The highest BCUT2D eigenvalue weighted by Crippen LogP contribution is 2.03. The van der Waals surface area contributed by atoms with Gasteiger partial charge in [-0.3, -0.25) is 4.79 Å². The molecule has 0 saturated carbocycles. The van der Waals surface area contributed by atoms with Crippen LogP contribution in [0.3, 0.4) is 0 Å². The number of rotatable bonds is 9. The quantitative estimate of drug-likeness (QED) is 0.278. The number of carbonyl (C=O) groups excluding carboxylic acids is 1. The van der Waals surface area contributed by atoms with Gasteiger partial charge in [0.15, 0.2) is 0 Å². The number of oxime groups is 1. The molecule has 0 atom stereocenters. The number of carbonyl (C=O) groups is 1. The van der Waals surface area contributed by atoms with Gasteiger partial charge >= 0.3 is 0 Å². The summed E-state index contributed by atoms with van der Waals surface area (Å²) in [6.07, 6.45) is 4.25. The van der Waals surface area contributed by atoms with Gasteiger partial charge in [0.1, 0.15) is 6.21 Å². The summed E-state index contributed by atoms with van der Waals surface area (Å²) in [5.41, 5.74) is 0. The molecule has 1 amide bonds. The summed E-state index contributed by atoms with van der Waals surface area (Å²) in [7, 11) is 2.09. The molecule has 0 heterocycles. The first-order valence-corrected chi connectivity index (χ1v) is 6.20. The minimum absolute atomic E-state index is 0.352. The second-order valence-electron chi connectivity index (χ2n) is 4.73. The van der Waals surface area contributed by atoms with E-state index >= 15 is 0 Å². The second-order valence-corrected chi connectivity index (χ2v) is 4.73. The predicted molar refractivity (Wildman–Crippen MR) is 69.5 cm³/mol. The van der Waals surface area contributed by atoms with Gasteiger partial charge in [0.2, 0.25) is 0 Å². The Kier molecular flexibility index (Phi) is 9.43. The van der Waals surface area contributed by atoms with Crippen LogP contribution in [0.25, 0.3) is 0 Å². The molecular formula is C12H25N3O2. The van der Waals surface area contributed by atoms with Crippen molar-refractivity contribution in [3.05, 3.63) is 0 Å². The van der Waals surface area contributed by atoms with Gasteiger partial charge in [-0.15, -0.1) is 0 Å². The molecule has 0 unspecified atom stereocenters. The van der Waals surface area contributed by atoms with E-state index in [1.807, 2.05) is 0 Å². The van der Waals surface area contributed by atoms with E-state index in [4.69, 9.17) is 5.21 Å². The molecule has 0 fully saturated rings. The lowest BCUT2D eigenvalue weighted by Crippen LogP contribution is -2.29. The molecule has 100 valence electrons. The Balaban J connectivity index is 3.38. The van der Waals surface area contributed by atoms with E-state index in [2.05, 4.69) is 36.3 Å². The Bertz CT molecular complexity index is 230. The number of nitrogens with zero attached hydrogens (tertiary/aromatic N) is 2. The minimum Gasteiger partial charge on any atom is -0.411 e.